The van der Waals surface area contributed by atoms with E-state index in [0.717, 1.165) is 50.3 Å². The Balaban J connectivity index is 1.64. The van der Waals surface area contributed by atoms with Gasteiger partial charge in [-0.25, -0.2) is 9.97 Å². The molecule has 0 saturated carbocycles. The number of aromatic nitrogens is 5. The molecule has 5 aromatic heterocycles. The molecule has 158 valence electrons. The van der Waals surface area contributed by atoms with Crippen LogP contribution in [-0.4, -0.2) is 25.1 Å². The van der Waals surface area contributed by atoms with Gasteiger partial charge in [-0.15, -0.1) is 11.3 Å². The van der Waals surface area contributed by atoms with Gasteiger partial charge in [-0.2, -0.15) is 5.10 Å². The summed E-state index contributed by atoms with van der Waals surface area (Å²) < 4.78 is 0. The van der Waals surface area contributed by atoms with Crippen LogP contribution in [0.2, 0.25) is 0 Å². The van der Waals surface area contributed by atoms with E-state index in [4.69, 9.17) is 4.98 Å². The summed E-state index contributed by atoms with van der Waals surface area (Å²) in [5, 5.41) is 8.77. The number of nitrogens with one attached hydrogen (secondary N) is 2. The summed E-state index contributed by atoms with van der Waals surface area (Å²) in [6.07, 6.45) is 7.83. The molecular weight excluding hydrogens is 414 g/mol. The molecule has 0 unspecified atom stereocenters. The highest BCUT2D eigenvalue weighted by atomic mass is 32.1. The number of fused-ring (bicyclic) bond motifs is 2. The van der Waals surface area contributed by atoms with E-state index in [1.165, 1.54) is 15.3 Å². The van der Waals surface area contributed by atoms with E-state index in [9.17, 15) is 0 Å². The van der Waals surface area contributed by atoms with Gasteiger partial charge in [0.25, 0.3) is 0 Å². The van der Waals surface area contributed by atoms with Gasteiger partial charge in [0, 0.05) is 26.9 Å². The molecule has 0 aliphatic heterocycles. The van der Waals surface area contributed by atoms with Crippen LogP contribution < -0.4 is 0 Å². The third kappa shape index (κ3) is 3.48. The number of allylic oxidation sites excluding steroid dienone is 5. The molecular formula is C26H23N5S. The molecule has 32 heavy (non-hydrogen) atoms. The van der Waals surface area contributed by atoms with Gasteiger partial charge >= 0.3 is 0 Å². The molecule has 0 amide bonds. The first kappa shape index (κ1) is 20.2. The van der Waals surface area contributed by atoms with Crippen LogP contribution in [0.5, 0.6) is 0 Å². The van der Waals surface area contributed by atoms with Crippen LogP contribution in [0.15, 0.2) is 73.0 Å². The second kappa shape index (κ2) is 8.05. The SMILES string of the molecule is C=C/C(C)=C\C(=C/C)c1ccc2[nH]nc(-c3cc4c(-c5ccc(C)s5)ccnc4[nH]3)c2n1. The molecule has 0 fully saturated rings. The van der Waals surface area contributed by atoms with Gasteiger partial charge in [-0.3, -0.25) is 5.10 Å². The molecule has 0 aliphatic carbocycles. The number of rotatable bonds is 5. The fraction of sp³-hybridized carbons (Fsp3) is 0.115. The molecule has 0 atom stereocenters. The van der Waals surface area contributed by atoms with E-state index in [-0.39, 0.29) is 0 Å². The van der Waals surface area contributed by atoms with Gasteiger partial charge in [-0.1, -0.05) is 30.4 Å². The summed E-state index contributed by atoms with van der Waals surface area (Å²) in [5.74, 6) is 0. The number of nitrogens with zero attached hydrogens (tertiary/aromatic N) is 3. The third-order valence-electron chi connectivity index (χ3n) is 5.51. The van der Waals surface area contributed by atoms with Crippen molar-refractivity contribution in [2.75, 3.05) is 0 Å². The van der Waals surface area contributed by atoms with E-state index in [0.29, 0.717) is 0 Å². The summed E-state index contributed by atoms with van der Waals surface area (Å²) in [4.78, 5) is 15.5. The zero-order chi connectivity index (χ0) is 22.2. The van der Waals surface area contributed by atoms with E-state index in [1.54, 1.807) is 11.3 Å². The molecule has 0 aromatic carbocycles. The lowest BCUT2D eigenvalue weighted by Crippen LogP contribution is -1.89. The minimum atomic E-state index is 0.785. The lowest BCUT2D eigenvalue weighted by Gasteiger charge is -2.03. The topological polar surface area (TPSA) is 70.2 Å². The minimum absolute atomic E-state index is 0.785. The second-order valence-electron chi connectivity index (χ2n) is 7.72. The first-order valence-electron chi connectivity index (χ1n) is 10.4. The largest absolute Gasteiger partial charge is 0.338 e. The number of H-pyrrole nitrogens is 2. The van der Waals surface area contributed by atoms with E-state index in [2.05, 4.69) is 70.1 Å². The highest BCUT2D eigenvalue weighted by molar-refractivity contribution is 7.15. The Hall–Kier alpha value is -3.77. The summed E-state index contributed by atoms with van der Waals surface area (Å²) in [7, 11) is 0. The molecule has 0 saturated heterocycles. The summed E-state index contributed by atoms with van der Waals surface area (Å²) >= 11 is 1.78. The molecule has 5 aromatic rings. The highest BCUT2D eigenvalue weighted by Crippen LogP contribution is 2.35. The van der Waals surface area contributed by atoms with E-state index < -0.39 is 0 Å². The molecule has 5 nitrogen and oxygen atoms in total. The van der Waals surface area contributed by atoms with E-state index in [1.807, 2.05) is 38.3 Å². The molecule has 0 radical (unpaired) electrons. The Kier molecular flexibility index (Phi) is 5.07. The van der Waals surface area contributed by atoms with Gasteiger partial charge < -0.3 is 4.98 Å². The number of aryl methyl sites for hydroxylation is 1. The van der Waals surface area contributed by atoms with Gasteiger partial charge in [-0.05, 0) is 62.7 Å². The number of aromatic amines is 2. The molecule has 0 aliphatic rings. The Morgan fingerprint density at radius 3 is 2.78 bits per heavy atom. The molecule has 5 heterocycles. The van der Waals surface area contributed by atoms with Gasteiger partial charge in [0.05, 0.1) is 16.9 Å². The van der Waals surface area contributed by atoms with Crippen molar-refractivity contribution in [2.24, 2.45) is 0 Å². The van der Waals surface area contributed by atoms with Crippen LogP contribution in [0.4, 0.5) is 0 Å². The number of hydrogen-bond acceptors (Lipinski definition) is 4. The maximum atomic E-state index is 4.94. The first-order chi connectivity index (χ1) is 15.6. The molecule has 0 spiro atoms. The Labute approximate surface area is 190 Å². The summed E-state index contributed by atoms with van der Waals surface area (Å²) in [6.45, 7) is 10.0. The van der Waals surface area contributed by atoms with Crippen molar-refractivity contribution < 1.29 is 0 Å². The van der Waals surface area contributed by atoms with Crippen molar-refractivity contribution in [3.05, 3.63) is 83.5 Å². The van der Waals surface area contributed by atoms with Gasteiger partial charge in [0.1, 0.15) is 16.9 Å². The van der Waals surface area contributed by atoms with Gasteiger partial charge in [0.2, 0.25) is 0 Å². The van der Waals surface area contributed by atoms with Crippen molar-refractivity contribution in [1.82, 2.24) is 25.1 Å². The number of thiophene rings is 1. The second-order valence-corrected chi connectivity index (χ2v) is 9.00. The van der Waals surface area contributed by atoms with Crippen LogP contribution in [0.3, 0.4) is 0 Å². The third-order valence-corrected chi connectivity index (χ3v) is 6.55. The summed E-state index contributed by atoms with van der Waals surface area (Å²) in [5.41, 5.74) is 8.44. The fourth-order valence-corrected chi connectivity index (χ4v) is 4.71. The predicted octanol–water partition coefficient (Wildman–Crippen LogP) is 7.07. The standard InChI is InChI=1S/C26H23N5S/c1-5-15(3)13-17(6-2)20-8-9-21-24(28-20)25(31-30-21)22-14-19-18(11-12-27-26(19)29-22)23-10-7-16(4)32-23/h5-14H,1H2,2-4H3,(H,27,29)(H,30,31)/b15-13-,17-6+. The molecule has 2 N–H and O–H groups in total. The molecule has 6 heteroatoms. The lowest BCUT2D eigenvalue weighted by molar-refractivity contribution is 1.12. The smallest absolute Gasteiger partial charge is 0.138 e. The predicted molar refractivity (Wildman–Crippen MR) is 135 cm³/mol. The first-order valence-corrected chi connectivity index (χ1v) is 11.3. The van der Waals surface area contributed by atoms with Crippen LogP contribution in [-0.2, 0) is 0 Å². The Bertz CT molecular complexity index is 1530. The monoisotopic (exact) mass is 437 g/mol. The Morgan fingerprint density at radius 2 is 2.03 bits per heavy atom. The fourth-order valence-electron chi connectivity index (χ4n) is 3.81. The maximum Gasteiger partial charge on any atom is 0.138 e. The zero-order valence-corrected chi connectivity index (χ0v) is 19.0. The van der Waals surface area contributed by atoms with Crippen molar-refractivity contribution in [3.8, 4) is 21.8 Å². The number of hydrogen-bond donors (Lipinski definition) is 2. The molecule has 5 rings (SSSR count). The van der Waals surface area contributed by atoms with E-state index >= 15 is 0 Å². The summed E-state index contributed by atoms with van der Waals surface area (Å²) in [6, 6.07) is 12.5. The van der Waals surface area contributed by atoms with Crippen LogP contribution in [0, 0.1) is 6.92 Å². The van der Waals surface area contributed by atoms with Crippen molar-refractivity contribution >= 4 is 39.0 Å². The van der Waals surface area contributed by atoms with Crippen molar-refractivity contribution in [1.29, 1.82) is 0 Å². The Morgan fingerprint density at radius 1 is 1.16 bits per heavy atom. The van der Waals surface area contributed by atoms with Crippen molar-refractivity contribution in [2.45, 2.75) is 20.8 Å². The number of pyridine rings is 2. The maximum absolute atomic E-state index is 4.94. The molecule has 0 bridgehead atoms. The van der Waals surface area contributed by atoms with Crippen LogP contribution >= 0.6 is 11.3 Å². The normalized spacial score (nSPS) is 12.7. The van der Waals surface area contributed by atoms with Gasteiger partial charge in [0.15, 0.2) is 0 Å². The average molecular weight is 438 g/mol. The zero-order valence-electron chi connectivity index (χ0n) is 18.2. The quantitative estimate of drug-likeness (QED) is 0.289. The average Bonchev–Trinajstić information content (AvgIpc) is 3.53. The van der Waals surface area contributed by atoms with Crippen LogP contribution in [0.25, 0.3) is 49.5 Å². The highest BCUT2D eigenvalue weighted by Gasteiger charge is 2.16. The minimum Gasteiger partial charge on any atom is -0.338 e. The lowest BCUT2D eigenvalue weighted by atomic mass is 10.1. The van der Waals surface area contributed by atoms with Crippen molar-refractivity contribution in [3.63, 3.8) is 0 Å². The van der Waals surface area contributed by atoms with Crippen LogP contribution in [0.1, 0.15) is 24.4 Å².